The fraction of sp³-hybridized carbons (Fsp3) is 0.571. The van der Waals surface area contributed by atoms with Crippen molar-refractivity contribution in [2.45, 2.75) is 51.4 Å². The van der Waals surface area contributed by atoms with Crippen LogP contribution in [0.25, 0.3) is 0 Å². The molecule has 2 rings (SSSR count). The van der Waals surface area contributed by atoms with E-state index in [4.69, 9.17) is 5.73 Å². The van der Waals surface area contributed by atoms with Gasteiger partial charge in [0.25, 0.3) is 0 Å². The fourth-order valence-corrected chi connectivity index (χ4v) is 3.31. The van der Waals surface area contributed by atoms with Crippen LogP contribution in [-0.2, 0) is 5.41 Å². The lowest BCUT2D eigenvalue weighted by Gasteiger charge is -2.27. The molecule has 0 saturated carbocycles. The third kappa shape index (κ3) is 1.37. The molecule has 0 bridgehead atoms. The van der Waals surface area contributed by atoms with Gasteiger partial charge in [-0.15, -0.1) is 0 Å². The zero-order chi connectivity index (χ0) is 11.1. The number of nitrogens with two attached hydrogens (primary N) is 1. The van der Waals surface area contributed by atoms with E-state index in [2.05, 4.69) is 32.9 Å². The summed E-state index contributed by atoms with van der Waals surface area (Å²) in [6, 6.07) is 6.42. The summed E-state index contributed by atoms with van der Waals surface area (Å²) in [4.78, 5) is 0. The van der Waals surface area contributed by atoms with Crippen LogP contribution in [0.1, 0.15) is 57.1 Å². The van der Waals surface area contributed by atoms with Gasteiger partial charge in [0.1, 0.15) is 0 Å². The monoisotopic (exact) mass is 203 g/mol. The molecule has 1 atom stereocenters. The van der Waals surface area contributed by atoms with Crippen LogP contribution in [0, 0.1) is 0 Å². The van der Waals surface area contributed by atoms with Crippen molar-refractivity contribution in [2.75, 3.05) is 5.73 Å². The van der Waals surface area contributed by atoms with Gasteiger partial charge in [0.15, 0.2) is 0 Å². The second kappa shape index (κ2) is 3.55. The van der Waals surface area contributed by atoms with Crippen LogP contribution in [0.3, 0.4) is 0 Å². The average molecular weight is 203 g/mol. The molecular weight excluding hydrogens is 182 g/mol. The normalized spacial score (nSPS) is 22.7. The maximum atomic E-state index is 6.09. The number of benzene rings is 1. The van der Waals surface area contributed by atoms with Crippen LogP contribution in [0.5, 0.6) is 0 Å². The van der Waals surface area contributed by atoms with E-state index in [-0.39, 0.29) is 0 Å². The van der Waals surface area contributed by atoms with Gasteiger partial charge in [0.2, 0.25) is 0 Å². The first-order valence-electron chi connectivity index (χ1n) is 6.03. The summed E-state index contributed by atoms with van der Waals surface area (Å²) in [7, 11) is 0. The van der Waals surface area contributed by atoms with E-state index in [1.807, 2.05) is 6.07 Å². The van der Waals surface area contributed by atoms with Crippen LogP contribution in [-0.4, -0.2) is 0 Å². The van der Waals surface area contributed by atoms with Crippen LogP contribution >= 0.6 is 0 Å². The number of nitrogen functional groups attached to an aromatic ring is 1. The third-order valence-corrected chi connectivity index (χ3v) is 4.25. The van der Waals surface area contributed by atoms with Crippen LogP contribution in [0.2, 0.25) is 0 Å². The summed E-state index contributed by atoms with van der Waals surface area (Å²) in [6.45, 7) is 6.91. The molecule has 2 N–H and O–H groups in total. The van der Waals surface area contributed by atoms with E-state index in [1.165, 1.54) is 30.4 Å². The van der Waals surface area contributed by atoms with Crippen LogP contribution in [0.4, 0.5) is 5.69 Å². The lowest BCUT2D eigenvalue weighted by Crippen LogP contribution is -2.20. The van der Waals surface area contributed by atoms with Crippen molar-refractivity contribution >= 4 is 5.69 Å². The van der Waals surface area contributed by atoms with E-state index in [1.54, 1.807) is 0 Å². The molecule has 1 unspecified atom stereocenters. The molecule has 0 aliphatic heterocycles. The van der Waals surface area contributed by atoms with Crippen molar-refractivity contribution in [1.29, 1.82) is 0 Å². The molecule has 0 fully saturated rings. The number of hydrogen-bond donors (Lipinski definition) is 1. The molecule has 1 aliphatic rings. The molecule has 82 valence electrons. The Morgan fingerprint density at radius 1 is 1.33 bits per heavy atom. The molecule has 15 heavy (non-hydrogen) atoms. The molecule has 1 aromatic carbocycles. The molecule has 0 aromatic heterocycles. The summed E-state index contributed by atoms with van der Waals surface area (Å²) < 4.78 is 0. The second-order valence-electron chi connectivity index (χ2n) is 4.90. The molecular formula is C14H21N. The second-order valence-corrected chi connectivity index (χ2v) is 4.90. The van der Waals surface area contributed by atoms with E-state index in [0.717, 1.165) is 5.69 Å². The Kier molecular flexibility index (Phi) is 2.49. The minimum absolute atomic E-state index is 0.393. The lowest BCUT2D eigenvalue weighted by molar-refractivity contribution is 0.376. The van der Waals surface area contributed by atoms with Crippen molar-refractivity contribution in [1.82, 2.24) is 0 Å². The summed E-state index contributed by atoms with van der Waals surface area (Å²) in [5.41, 5.74) is 10.4. The average Bonchev–Trinajstić information content (AvgIpc) is 2.54. The Labute approximate surface area is 92.7 Å². The lowest BCUT2D eigenvalue weighted by atomic mass is 9.77. The van der Waals surface area contributed by atoms with Crippen molar-refractivity contribution in [3.63, 3.8) is 0 Å². The Morgan fingerprint density at radius 3 is 2.60 bits per heavy atom. The summed E-state index contributed by atoms with van der Waals surface area (Å²) in [6.07, 6.45) is 3.72. The van der Waals surface area contributed by atoms with Gasteiger partial charge in [0.05, 0.1) is 0 Å². The molecule has 0 spiro atoms. The first-order chi connectivity index (χ1) is 7.14. The van der Waals surface area contributed by atoms with Gasteiger partial charge >= 0.3 is 0 Å². The molecule has 0 saturated heterocycles. The van der Waals surface area contributed by atoms with Gasteiger partial charge in [-0.1, -0.05) is 32.9 Å². The van der Waals surface area contributed by atoms with Crippen molar-refractivity contribution < 1.29 is 0 Å². The highest BCUT2D eigenvalue weighted by molar-refractivity contribution is 5.58. The molecule has 0 heterocycles. The predicted molar refractivity (Wildman–Crippen MR) is 66.1 cm³/mol. The van der Waals surface area contributed by atoms with E-state index >= 15 is 0 Å². The van der Waals surface area contributed by atoms with E-state index in [9.17, 15) is 0 Å². The van der Waals surface area contributed by atoms with Gasteiger partial charge < -0.3 is 5.73 Å². The van der Waals surface area contributed by atoms with Gasteiger partial charge in [-0.2, -0.15) is 0 Å². The minimum atomic E-state index is 0.393. The summed E-state index contributed by atoms with van der Waals surface area (Å²) in [5, 5.41) is 0. The summed E-state index contributed by atoms with van der Waals surface area (Å²) in [5.74, 6) is 0.626. The van der Waals surface area contributed by atoms with Gasteiger partial charge in [-0.05, 0) is 47.8 Å². The Bertz CT molecular complexity index is 364. The SMILES string of the molecule is CCC1(CC)CC(C)c2c(N)cccc21. The highest BCUT2D eigenvalue weighted by Crippen LogP contribution is 2.51. The third-order valence-electron chi connectivity index (χ3n) is 4.25. The van der Waals surface area contributed by atoms with Gasteiger partial charge in [0, 0.05) is 5.69 Å². The minimum Gasteiger partial charge on any atom is -0.398 e. The topological polar surface area (TPSA) is 26.0 Å². The smallest absolute Gasteiger partial charge is 0.0352 e. The zero-order valence-electron chi connectivity index (χ0n) is 10.0. The van der Waals surface area contributed by atoms with Gasteiger partial charge in [-0.3, -0.25) is 0 Å². The molecule has 0 radical (unpaired) electrons. The molecule has 1 aliphatic carbocycles. The van der Waals surface area contributed by atoms with E-state index < -0.39 is 0 Å². The molecule has 0 amide bonds. The van der Waals surface area contributed by atoms with Gasteiger partial charge in [-0.25, -0.2) is 0 Å². The Hall–Kier alpha value is -0.980. The zero-order valence-corrected chi connectivity index (χ0v) is 10.0. The van der Waals surface area contributed by atoms with Crippen molar-refractivity contribution in [3.8, 4) is 0 Å². The number of anilines is 1. The number of rotatable bonds is 2. The van der Waals surface area contributed by atoms with Crippen LogP contribution in [0.15, 0.2) is 18.2 Å². The first-order valence-corrected chi connectivity index (χ1v) is 6.03. The quantitative estimate of drug-likeness (QED) is 0.726. The summed E-state index contributed by atoms with van der Waals surface area (Å²) >= 11 is 0. The Morgan fingerprint density at radius 2 is 2.00 bits per heavy atom. The maximum absolute atomic E-state index is 6.09. The molecule has 1 nitrogen and oxygen atoms in total. The first kappa shape index (κ1) is 10.5. The van der Waals surface area contributed by atoms with Crippen molar-refractivity contribution in [3.05, 3.63) is 29.3 Å². The molecule has 1 aromatic rings. The standard InChI is InChI=1S/C14H21N/c1-4-14(5-2)9-10(3)13-11(14)7-6-8-12(13)15/h6-8,10H,4-5,9,15H2,1-3H3. The van der Waals surface area contributed by atoms with E-state index in [0.29, 0.717) is 11.3 Å². The highest BCUT2D eigenvalue weighted by atomic mass is 14.6. The number of fused-ring (bicyclic) bond motifs is 1. The predicted octanol–water partition coefficient (Wildman–Crippen LogP) is 3.83. The maximum Gasteiger partial charge on any atom is 0.0352 e. The van der Waals surface area contributed by atoms with Crippen LogP contribution < -0.4 is 5.73 Å². The van der Waals surface area contributed by atoms with Crippen molar-refractivity contribution in [2.24, 2.45) is 0 Å². The number of hydrogen-bond acceptors (Lipinski definition) is 1. The largest absolute Gasteiger partial charge is 0.398 e. The molecule has 1 heteroatoms. The Balaban J connectivity index is 2.60. The fourth-order valence-electron chi connectivity index (χ4n) is 3.31. The highest BCUT2D eigenvalue weighted by Gasteiger charge is 2.40.